The fraction of sp³-hybridized carbons (Fsp3) is 0.0526. The number of hydrogen-bond donors (Lipinski definition) is 0. The Bertz CT molecular complexity index is 1310. The molecule has 0 saturated carbocycles. The number of nitrogens with zero attached hydrogens (tertiary/aromatic N) is 2. The van der Waals surface area contributed by atoms with E-state index >= 15 is 0 Å². The van der Waals surface area contributed by atoms with Crippen LogP contribution in [-0.2, 0) is 0 Å². The third-order valence-corrected chi connectivity index (χ3v) is 5.29. The van der Waals surface area contributed by atoms with Crippen molar-refractivity contribution < 1.29 is 9.15 Å². The van der Waals surface area contributed by atoms with Gasteiger partial charge in [0.15, 0.2) is 16.3 Å². The van der Waals surface area contributed by atoms with Crippen molar-refractivity contribution in [2.75, 3.05) is 7.11 Å². The topological polar surface area (TPSA) is 56.7 Å². The Labute approximate surface area is 145 Å². The number of aromatic nitrogens is 2. The molecule has 6 heteroatoms. The zero-order valence-electron chi connectivity index (χ0n) is 13.2. The predicted octanol–water partition coefficient (Wildman–Crippen LogP) is 4.33. The summed E-state index contributed by atoms with van der Waals surface area (Å²) in [5.74, 6) is 0.542. The highest BCUT2D eigenvalue weighted by atomic mass is 32.1. The molecule has 25 heavy (non-hydrogen) atoms. The lowest BCUT2D eigenvalue weighted by atomic mass is 10.1. The van der Waals surface area contributed by atoms with Crippen molar-refractivity contribution in [3.05, 3.63) is 65.1 Å². The molecule has 0 fully saturated rings. The molecular weight excluding hydrogens is 336 g/mol. The molecular formula is C19H12N2O3S. The standard InChI is InChI=1S/C19H12N2O3S/c1-23-15-7-4-5-11-9-12(18(22)24-17(11)15)14-10-20-19-21(14)13-6-2-3-8-16(13)25-19/h2-10H,1H3. The van der Waals surface area contributed by atoms with Gasteiger partial charge in [0.05, 0.1) is 34.8 Å². The van der Waals surface area contributed by atoms with Gasteiger partial charge in [-0.1, -0.05) is 35.6 Å². The SMILES string of the molecule is COc1cccc2cc(-c3cnc4sc5ccccc5n34)c(=O)oc12. The predicted molar refractivity (Wildman–Crippen MR) is 98.6 cm³/mol. The highest BCUT2D eigenvalue weighted by molar-refractivity contribution is 7.23. The van der Waals surface area contributed by atoms with Crippen molar-refractivity contribution in [2.45, 2.75) is 0 Å². The molecule has 5 nitrogen and oxygen atoms in total. The van der Waals surface area contributed by atoms with E-state index in [0.29, 0.717) is 16.9 Å². The van der Waals surface area contributed by atoms with Gasteiger partial charge in [-0.05, 0) is 24.3 Å². The second kappa shape index (κ2) is 5.19. The summed E-state index contributed by atoms with van der Waals surface area (Å²) in [6.45, 7) is 0. The number of para-hydroxylation sites is 2. The fourth-order valence-electron chi connectivity index (χ4n) is 3.11. The highest BCUT2D eigenvalue weighted by Crippen LogP contribution is 2.32. The van der Waals surface area contributed by atoms with E-state index in [0.717, 1.165) is 26.3 Å². The first kappa shape index (κ1) is 14.2. The molecule has 0 spiro atoms. The van der Waals surface area contributed by atoms with E-state index in [9.17, 15) is 4.79 Å². The minimum atomic E-state index is -0.408. The fourth-order valence-corrected chi connectivity index (χ4v) is 4.11. The van der Waals surface area contributed by atoms with Crippen molar-refractivity contribution in [1.29, 1.82) is 0 Å². The van der Waals surface area contributed by atoms with Gasteiger partial charge in [-0.25, -0.2) is 9.78 Å². The molecule has 2 aromatic carbocycles. The number of imidazole rings is 1. The zero-order valence-corrected chi connectivity index (χ0v) is 14.0. The molecule has 0 amide bonds. The molecule has 0 unspecified atom stereocenters. The maximum Gasteiger partial charge on any atom is 0.345 e. The molecule has 0 aliphatic rings. The molecule has 0 atom stereocenters. The van der Waals surface area contributed by atoms with Gasteiger partial charge in [-0.15, -0.1) is 0 Å². The molecule has 5 aromatic rings. The molecule has 0 aliphatic heterocycles. The van der Waals surface area contributed by atoms with Gasteiger partial charge < -0.3 is 9.15 Å². The van der Waals surface area contributed by atoms with Crippen molar-refractivity contribution in [2.24, 2.45) is 0 Å². The Kier molecular flexibility index (Phi) is 2.96. The molecule has 3 aromatic heterocycles. The Hall–Kier alpha value is -3.12. The lowest BCUT2D eigenvalue weighted by molar-refractivity contribution is 0.407. The van der Waals surface area contributed by atoms with E-state index in [1.165, 1.54) is 0 Å². The van der Waals surface area contributed by atoms with E-state index in [1.54, 1.807) is 30.7 Å². The monoisotopic (exact) mass is 348 g/mol. The largest absolute Gasteiger partial charge is 0.493 e. The third kappa shape index (κ3) is 2.01. The van der Waals surface area contributed by atoms with Crippen LogP contribution in [0, 0.1) is 0 Å². The second-order valence-electron chi connectivity index (χ2n) is 5.66. The summed E-state index contributed by atoms with van der Waals surface area (Å²) in [4.78, 5) is 18.0. The van der Waals surface area contributed by atoms with Crippen LogP contribution in [0.2, 0.25) is 0 Å². The molecule has 122 valence electrons. The van der Waals surface area contributed by atoms with E-state index in [4.69, 9.17) is 9.15 Å². The molecule has 0 radical (unpaired) electrons. The molecule has 0 saturated heterocycles. The minimum absolute atomic E-state index is 0.408. The van der Waals surface area contributed by atoms with Crippen molar-refractivity contribution in [1.82, 2.24) is 9.38 Å². The van der Waals surface area contributed by atoms with E-state index < -0.39 is 5.63 Å². The van der Waals surface area contributed by atoms with Gasteiger partial charge in [-0.2, -0.15) is 0 Å². The second-order valence-corrected chi connectivity index (χ2v) is 6.67. The number of benzene rings is 2. The van der Waals surface area contributed by atoms with Gasteiger partial charge in [0, 0.05) is 5.39 Å². The van der Waals surface area contributed by atoms with Crippen LogP contribution in [0.25, 0.3) is 37.4 Å². The van der Waals surface area contributed by atoms with Crippen LogP contribution < -0.4 is 10.4 Å². The van der Waals surface area contributed by atoms with E-state index in [2.05, 4.69) is 4.98 Å². The Morgan fingerprint density at radius 2 is 2.04 bits per heavy atom. The summed E-state index contributed by atoms with van der Waals surface area (Å²) in [7, 11) is 1.56. The van der Waals surface area contributed by atoms with Gasteiger partial charge in [0.1, 0.15) is 0 Å². The summed E-state index contributed by atoms with van der Waals surface area (Å²) >= 11 is 1.59. The van der Waals surface area contributed by atoms with Crippen LogP contribution >= 0.6 is 11.3 Å². The normalized spacial score (nSPS) is 11.6. The number of fused-ring (bicyclic) bond motifs is 4. The summed E-state index contributed by atoms with van der Waals surface area (Å²) in [5, 5.41) is 0.809. The van der Waals surface area contributed by atoms with Crippen LogP contribution in [0.15, 0.2) is 63.9 Å². The number of thiazole rings is 1. The maximum absolute atomic E-state index is 12.6. The number of ether oxygens (including phenoxy) is 1. The van der Waals surface area contributed by atoms with Crippen LogP contribution in [0.3, 0.4) is 0 Å². The van der Waals surface area contributed by atoms with E-state index in [-0.39, 0.29) is 0 Å². The average Bonchev–Trinajstić information content (AvgIpc) is 3.20. The van der Waals surface area contributed by atoms with Crippen LogP contribution in [-0.4, -0.2) is 16.5 Å². The Morgan fingerprint density at radius 1 is 1.16 bits per heavy atom. The lowest BCUT2D eigenvalue weighted by Gasteiger charge is -2.05. The molecule has 0 N–H and O–H groups in total. The van der Waals surface area contributed by atoms with Gasteiger partial charge in [0.2, 0.25) is 0 Å². The minimum Gasteiger partial charge on any atom is -0.493 e. The lowest BCUT2D eigenvalue weighted by Crippen LogP contribution is -2.04. The first-order chi connectivity index (χ1) is 12.3. The number of methoxy groups -OCH3 is 1. The Balaban J connectivity index is 1.86. The van der Waals surface area contributed by atoms with Gasteiger partial charge in [0.25, 0.3) is 0 Å². The molecule has 0 bridgehead atoms. The van der Waals surface area contributed by atoms with Crippen LogP contribution in [0.4, 0.5) is 0 Å². The zero-order chi connectivity index (χ0) is 17.0. The number of hydrogen-bond acceptors (Lipinski definition) is 5. The smallest absolute Gasteiger partial charge is 0.345 e. The van der Waals surface area contributed by atoms with Crippen molar-refractivity contribution in [3.8, 4) is 17.0 Å². The van der Waals surface area contributed by atoms with Crippen molar-refractivity contribution in [3.63, 3.8) is 0 Å². The first-order valence-electron chi connectivity index (χ1n) is 7.72. The highest BCUT2D eigenvalue weighted by Gasteiger charge is 2.17. The number of rotatable bonds is 2. The summed E-state index contributed by atoms with van der Waals surface area (Å²) in [6, 6.07) is 15.4. The third-order valence-electron chi connectivity index (χ3n) is 4.26. The quantitative estimate of drug-likeness (QED) is 0.446. The molecule has 0 aliphatic carbocycles. The maximum atomic E-state index is 12.6. The van der Waals surface area contributed by atoms with Gasteiger partial charge in [-0.3, -0.25) is 4.40 Å². The first-order valence-corrected chi connectivity index (χ1v) is 8.54. The molecule has 3 heterocycles. The average molecular weight is 348 g/mol. The van der Waals surface area contributed by atoms with Crippen molar-refractivity contribution >= 4 is 37.5 Å². The summed E-state index contributed by atoms with van der Waals surface area (Å²) in [6.07, 6.45) is 1.72. The van der Waals surface area contributed by atoms with Crippen LogP contribution in [0.1, 0.15) is 0 Å². The van der Waals surface area contributed by atoms with Gasteiger partial charge >= 0.3 is 5.63 Å². The molecule has 5 rings (SSSR count). The Morgan fingerprint density at radius 3 is 2.92 bits per heavy atom. The van der Waals surface area contributed by atoms with E-state index in [1.807, 2.05) is 46.9 Å². The summed E-state index contributed by atoms with van der Waals surface area (Å²) in [5.41, 5.74) is 2.28. The van der Waals surface area contributed by atoms with Crippen LogP contribution in [0.5, 0.6) is 5.75 Å². The summed E-state index contributed by atoms with van der Waals surface area (Å²) < 4.78 is 14.0.